The standard InChI is InChI=1S/C15H19N3O3S/c1-22(20,21)17-10-13-5-3-7-18(11-13)15(19)14-6-2-4-12(8-14)9-16/h2,4,6,8,13,17H,3,5,7,10-11H2,1H3/t13-/m0/s1. The Kier molecular flexibility index (Phi) is 5.16. The van der Waals surface area contributed by atoms with Crippen LogP contribution in [0.3, 0.4) is 0 Å². The summed E-state index contributed by atoms with van der Waals surface area (Å²) < 4.78 is 24.8. The van der Waals surface area contributed by atoms with Gasteiger partial charge in [-0.25, -0.2) is 13.1 Å². The molecule has 1 heterocycles. The van der Waals surface area contributed by atoms with Crippen molar-refractivity contribution in [2.24, 2.45) is 5.92 Å². The van der Waals surface area contributed by atoms with Crippen molar-refractivity contribution in [3.05, 3.63) is 35.4 Å². The Morgan fingerprint density at radius 2 is 2.27 bits per heavy atom. The Morgan fingerprint density at radius 1 is 1.50 bits per heavy atom. The molecule has 0 spiro atoms. The van der Waals surface area contributed by atoms with Crippen LogP contribution >= 0.6 is 0 Å². The highest BCUT2D eigenvalue weighted by molar-refractivity contribution is 7.88. The van der Waals surface area contributed by atoms with Gasteiger partial charge >= 0.3 is 0 Å². The monoisotopic (exact) mass is 321 g/mol. The summed E-state index contributed by atoms with van der Waals surface area (Å²) in [5.74, 6) is 0.00716. The summed E-state index contributed by atoms with van der Waals surface area (Å²) in [6, 6.07) is 8.65. The zero-order valence-corrected chi connectivity index (χ0v) is 13.3. The summed E-state index contributed by atoms with van der Waals surface area (Å²) in [5, 5.41) is 8.90. The number of likely N-dealkylation sites (tertiary alicyclic amines) is 1. The number of nitrogens with zero attached hydrogens (tertiary/aromatic N) is 2. The molecule has 118 valence electrons. The van der Waals surface area contributed by atoms with E-state index in [1.54, 1.807) is 29.2 Å². The van der Waals surface area contributed by atoms with Gasteiger partial charge in [-0.15, -0.1) is 0 Å². The van der Waals surface area contributed by atoms with Gasteiger partial charge in [0.15, 0.2) is 0 Å². The molecule has 6 nitrogen and oxygen atoms in total. The van der Waals surface area contributed by atoms with E-state index in [-0.39, 0.29) is 11.8 Å². The molecule has 1 aliphatic heterocycles. The lowest BCUT2D eigenvalue weighted by atomic mass is 9.97. The molecule has 0 aromatic heterocycles. The maximum Gasteiger partial charge on any atom is 0.253 e. The number of hydrogen-bond donors (Lipinski definition) is 1. The zero-order chi connectivity index (χ0) is 16.2. The molecule has 22 heavy (non-hydrogen) atoms. The largest absolute Gasteiger partial charge is 0.338 e. The number of amides is 1. The fourth-order valence-corrected chi connectivity index (χ4v) is 3.13. The third kappa shape index (κ3) is 4.55. The van der Waals surface area contributed by atoms with Gasteiger partial charge in [-0.05, 0) is 37.0 Å². The molecule has 1 aromatic carbocycles. The first-order valence-electron chi connectivity index (χ1n) is 7.13. The molecule has 1 atom stereocenters. The number of hydrogen-bond acceptors (Lipinski definition) is 4. The van der Waals surface area contributed by atoms with Gasteiger partial charge in [0.1, 0.15) is 0 Å². The molecule has 7 heteroatoms. The van der Waals surface area contributed by atoms with Crippen molar-refractivity contribution in [1.29, 1.82) is 5.26 Å². The van der Waals surface area contributed by atoms with Crippen molar-refractivity contribution in [3.63, 3.8) is 0 Å². The molecule has 1 N–H and O–H groups in total. The molecule has 0 aliphatic carbocycles. The summed E-state index contributed by atoms with van der Waals surface area (Å²) >= 11 is 0. The molecule has 1 saturated heterocycles. The number of nitriles is 1. The fourth-order valence-electron chi connectivity index (χ4n) is 2.59. The first-order chi connectivity index (χ1) is 10.4. The van der Waals surface area contributed by atoms with E-state index in [0.29, 0.717) is 30.8 Å². The van der Waals surface area contributed by atoms with E-state index in [1.165, 1.54) is 0 Å². The molecular formula is C15H19N3O3S. The summed E-state index contributed by atoms with van der Waals surface area (Å²) in [6.45, 7) is 1.53. The minimum absolute atomic E-state index is 0.110. The topological polar surface area (TPSA) is 90.3 Å². The highest BCUT2D eigenvalue weighted by Gasteiger charge is 2.25. The number of nitrogens with one attached hydrogen (secondary N) is 1. The van der Waals surface area contributed by atoms with Crippen LogP contribution in [0, 0.1) is 17.2 Å². The molecule has 1 aromatic rings. The highest BCUT2D eigenvalue weighted by Crippen LogP contribution is 2.18. The van der Waals surface area contributed by atoms with Gasteiger partial charge in [0, 0.05) is 25.2 Å². The Balaban J connectivity index is 2.02. The third-order valence-corrected chi connectivity index (χ3v) is 4.37. The molecule has 0 bridgehead atoms. The van der Waals surface area contributed by atoms with Crippen LogP contribution in [-0.2, 0) is 10.0 Å². The number of piperidine rings is 1. The van der Waals surface area contributed by atoms with Crippen molar-refractivity contribution < 1.29 is 13.2 Å². The average molecular weight is 321 g/mol. The van der Waals surface area contributed by atoms with E-state index < -0.39 is 10.0 Å². The smallest absolute Gasteiger partial charge is 0.253 e. The van der Waals surface area contributed by atoms with Crippen LogP contribution < -0.4 is 4.72 Å². The lowest BCUT2D eigenvalue weighted by Gasteiger charge is -2.32. The molecule has 0 saturated carbocycles. The van der Waals surface area contributed by atoms with Crippen LogP contribution in [0.15, 0.2) is 24.3 Å². The molecule has 1 amide bonds. The van der Waals surface area contributed by atoms with Crippen molar-refractivity contribution in [3.8, 4) is 6.07 Å². The first kappa shape index (κ1) is 16.5. The Labute approximate surface area is 130 Å². The predicted molar refractivity (Wildman–Crippen MR) is 82.6 cm³/mol. The zero-order valence-electron chi connectivity index (χ0n) is 12.4. The second-order valence-corrected chi connectivity index (χ2v) is 7.41. The number of carbonyl (C=O) groups is 1. The Bertz CT molecular complexity index is 694. The molecule has 1 aliphatic rings. The van der Waals surface area contributed by atoms with Gasteiger partial charge in [0.05, 0.1) is 17.9 Å². The molecule has 0 unspecified atom stereocenters. The summed E-state index contributed by atoms with van der Waals surface area (Å²) in [6.07, 6.45) is 2.87. The maximum absolute atomic E-state index is 12.5. The van der Waals surface area contributed by atoms with E-state index in [9.17, 15) is 13.2 Å². The van der Waals surface area contributed by atoms with Crippen LogP contribution in [0.25, 0.3) is 0 Å². The van der Waals surface area contributed by atoms with E-state index in [4.69, 9.17) is 5.26 Å². The van der Waals surface area contributed by atoms with Gasteiger partial charge in [0.25, 0.3) is 5.91 Å². The van der Waals surface area contributed by atoms with Gasteiger partial charge in [-0.3, -0.25) is 4.79 Å². The van der Waals surface area contributed by atoms with Gasteiger partial charge in [-0.2, -0.15) is 5.26 Å². The number of benzene rings is 1. The SMILES string of the molecule is CS(=O)(=O)NC[C@@H]1CCCN(C(=O)c2cccc(C#N)c2)C1. The fraction of sp³-hybridized carbons (Fsp3) is 0.467. The number of rotatable bonds is 4. The predicted octanol–water partition coefficient (Wildman–Crippen LogP) is 0.960. The second-order valence-electron chi connectivity index (χ2n) is 5.57. The van der Waals surface area contributed by atoms with E-state index in [1.807, 2.05) is 6.07 Å². The van der Waals surface area contributed by atoms with Crippen LogP contribution in [0.5, 0.6) is 0 Å². The Morgan fingerprint density at radius 3 is 2.95 bits per heavy atom. The summed E-state index contributed by atoms with van der Waals surface area (Å²) in [4.78, 5) is 14.2. The summed E-state index contributed by atoms with van der Waals surface area (Å²) in [5.41, 5.74) is 0.953. The average Bonchev–Trinajstić information content (AvgIpc) is 2.52. The third-order valence-electron chi connectivity index (χ3n) is 3.68. The quantitative estimate of drug-likeness (QED) is 0.894. The van der Waals surface area contributed by atoms with Crippen LogP contribution in [0.4, 0.5) is 0 Å². The first-order valence-corrected chi connectivity index (χ1v) is 9.02. The normalized spacial score (nSPS) is 18.7. The molecule has 2 rings (SSSR count). The lowest BCUT2D eigenvalue weighted by molar-refractivity contribution is 0.0676. The van der Waals surface area contributed by atoms with Crippen molar-refractivity contribution in [1.82, 2.24) is 9.62 Å². The van der Waals surface area contributed by atoms with Crippen LogP contribution in [0.1, 0.15) is 28.8 Å². The number of carbonyl (C=O) groups excluding carboxylic acids is 1. The van der Waals surface area contributed by atoms with Crippen molar-refractivity contribution in [2.45, 2.75) is 12.8 Å². The maximum atomic E-state index is 12.5. The van der Waals surface area contributed by atoms with E-state index in [0.717, 1.165) is 19.1 Å². The minimum Gasteiger partial charge on any atom is -0.338 e. The number of sulfonamides is 1. The van der Waals surface area contributed by atoms with Gasteiger partial charge in [-0.1, -0.05) is 6.07 Å². The van der Waals surface area contributed by atoms with Gasteiger partial charge in [0.2, 0.25) is 10.0 Å². The molecular weight excluding hydrogens is 302 g/mol. The summed E-state index contributed by atoms with van der Waals surface area (Å²) in [7, 11) is -3.21. The molecule has 1 fully saturated rings. The van der Waals surface area contributed by atoms with Crippen LogP contribution in [-0.4, -0.2) is 45.1 Å². The molecule has 0 radical (unpaired) electrons. The van der Waals surface area contributed by atoms with Gasteiger partial charge < -0.3 is 4.90 Å². The van der Waals surface area contributed by atoms with Crippen molar-refractivity contribution >= 4 is 15.9 Å². The Hall–Kier alpha value is -1.91. The van der Waals surface area contributed by atoms with Crippen molar-refractivity contribution in [2.75, 3.05) is 25.9 Å². The van der Waals surface area contributed by atoms with Crippen LogP contribution in [0.2, 0.25) is 0 Å². The van der Waals surface area contributed by atoms with E-state index >= 15 is 0 Å². The lowest BCUT2D eigenvalue weighted by Crippen LogP contribution is -2.43. The van der Waals surface area contributed by atoms with E-state index in [2.05, 4.69) is 4.72 Å². The second kappa shape index (κ2) is 6.90. The highest BCUT2D eigenvalue weighted by atomic mass is 32.2. The minimum atomic E-state index is -3.21.